The summed E-state index contributed by atoms with van der Waals surface area (Å²) < 4.78 is 6.60. The van der Waals surface area contributed by atoms with Crippen molar-refractivity contribution in [2.75, 3.05) is 6.61 Å². The third-order valence-corrected chi connectivity index (χ3v) is 3.33. The molecule has 1 rings (SSSR count). The van der Waals surface area contributed by atoms with Crippen molar-refractivity contribution >= 4 is 11.9 Å². The van der Waals surface area contributed by atoms with Gasteiger partial charge in [-0.15, -0.1) is 0 Å². The first-order chi connectivity index (χ1) is 9.37. The molecule has 0 spiro atoms. The number of carboxylic acid groups (broad SMARTS) is 1. The lowest BCUT2D eigenvalue weighted by molar-refractivity contribution is -0.169. The average Bonchev–Trinajstić information content (AvgIpc) is 2.67. The Morgan fingerprint density at radius 3 is 2.50 bits per heavy atom. The minimum Gasteiger partial charge on any atom is -0.480 e. The lowest BCUT2D eigenvalue weighted by Gasteiger charge is -2.26. The second-order valence-corrected chi connectivity index (χ2v) is 4.94. The van der Waals surface area contributed by atoms with Crippen LogP contribution in [0.3, 0.4) is 0 Å². The third kappa shape index (κ3) is 3.18. The zero-order valence-corrected chi connectivity index (χ0v) is 12.5. The molecule has 1 unspecified atom stereocenters. The molecule has 6 nitrogen and oxygen atoms in total. The van der Waals surface area contributed by atoms with Crippen molar-refractivity contribution in [3.63, 3.8) is 0 Å². The summed E-state index contributed by atoms with van der Waals surface area (Å²) in [6.07, 6.45) is 0.916. The molecule has 0 aromatic carbocycles. The van der Waals surface area contributed by atoms with Gasteiger partial charge in [-0.05, 0) is 26.3 Å². The van der Waals surface area contributed by atoms with Crippen LogP contribution in [-0.2, 0) is 27.8 Å². The number of rotatable bonds is 7. The average molecular weight is 282 g/mol. The summed E-state index contributed by atoms with van der Waals surface area (Å²) in [5.41, 5.74) is -0.0288. The molecule has 0 bridgehead atoms. The summed E-state index contributed by atoms with van der Waals surface area (Å²) in [6, 6.07) is 1.80. The lowest BCUT2D eigenvalue weighted by Crippen LogP contribution is -2.43. The van der Waals surface area contributed by atoms with Crippen LogP contribution in [0.2, 0.25) is 0 Å². The van der Waals surface area contributed by atoms with Gasteiger partial charge in [-0.1, -0.05) is 13.3 Å². The van der Waals surface area contributed by atoms with Gasteiger partial charge in [-0.25, -0.2) is 0 Å². The number of hydrogen-bond donors (Lipinski definition) is 1. The molecule has 0 aliphatic heterocycles. The second kappa shape index (κ2) is 6.54. The number of aliphatic carboxylic acids is 1. The number of ether oxygens (including phenoxy) is 1. The van der Waals surface area contributed by atoms with Crippen molar-refractivity contribution in [2.24, 2.45) is 12.5 Å². The van der Waals surface area contributed by atoms with E-state index in [1.165, 1.54) is 0 Å². The van der Waals surface area contributed by atoms with E-state index in [0.717, 1.165) is 5.69 Å². The SMILES string of the molecule is CCCC(Cc1cc(C)nn1C)(C(=O)O)C(=O)OCC. The Hall–Kier alpha value is -1.85. The van der Waals surface area contributed by atoms with Crippen LogP contribution in [0.25, 0.3) is 0 Å². The van der Waals surface area contributed by atoms with E-state index in [-0.39, 0.29) is 19.4 Å². The van der Waals surface area contributed by atoms with Gasteiger partial charge in [0.1, 0.15) is 0 Å². The maximum Gasteiger partial charge on any atom is 0.323 e. The first-order valence-electron chi connectivity index (χ1n) is 6.77. The van der Waals surface area contributed by atoms with E-state index in [2.05, 4.69) is 5.10 Å². The first-order valence-corrected chi connectivity index (χ1v) is 6.77. The molecule has 0 aliphatic rings. The van der Waals surface area contributed by atoms with Crippen LogP contribution in [-0.4, -0.2) is 33.4 Å². The van der Waals surface area contributed by atoms with Crippen molar-refractivity contribution in [1.29, 1.82) is 0 Å². The smallest absolute Gasteiger partial charge is 0.323 e. The van der Waals surface area contributed by atoms with E-state index in [1.807, 2.05) is 13.8 Å². The summed E-state index contributed by atoms with van der Waals surface area (Å²) in [4.78, 5) is 23.9. The summed E-state index contributed by atoms with van der Waals surface area (Å²) in [7, 11) is 1.74. The maximum absolute atomic E-state index is 12.2. The van der Waals surface area contributed by atoms with Crippen molar-refractivity contribution in [2.45, 2.75) is 40.0 Å². The highest BCUT2D eigenvalue weighted by molar-refractivity contribution is 5.99. The third-order valence-electron chi connectivity index (χ3n) is 3.33. The van der Waals surface area contributed by atoms with Crippen LogP contribution < -0.4 is 0 Å². The zero-order valence-electron chi connectivity index (χ0n) is 12.5. The van der Waals surface area contributed by atoms with Gasteiger partial charge in [0.25, 0.3) is 0 Å². The topological polar surface area (TPSA) is 81.4 Å². The Balaban J connectivity index is 3.18. The minimum atomic E-state index is -1.54. The van der Waals surface area contributed by atoms with Crippen LogP contribution >= 0.6 is 0 Å². The van der Waals surface area contributed by atoms with Crippen LogP contribution in [0.1, 0.15) is 38.1 Å². The molecule has 0 radical (unpaired) electrons. The monoisotopic (exact) mass is 282 g/mol. The highest BCUT2D eigenvalue weighted by Crippen LogP contribution is 2.31. The zero-order chi connectivity index (χ0) is 15.3. The number of esters is 1. The molecule has 1 atom stereocenters. The Labute approximate surface area is 118 Å². The van der Waals surface area contributed by atoms with E-state index in [0.29, 0.717) is 12.1 Å². The molecule has 1 N–H and O–H groups in total. The van der Waals surface area contributed by atoms with Gasteiger partial charge in [0.15, 0.2) is 5.41 Å². The van der Waals surface area contributed by atoms with Gasteiger partial charge in [0.05, 0.1) is 12.3 Å². The van der Waals surface area contributed by atoms with Crippen LogP contribution in [0.4, 0.5) is 0 Å². The molecule has 0 aliphatic carbocycles. The first kappa shape index (κ1) is 16.2. The largest absolute Gasteiger partial charge is 0.480 e. The maximum atomic E-state index is 12.2. The molecule has 0 saturated heterocycles. The second-order valence-electron chi connectivity index (χ2n) is 4.94. The Morgan fingerprint density at radius 2 is 2.10 bits per heavy atom. The fourth-order valence-corrected chi connectivity index (χ4v) is 2.37. The summed E-state index contributed by atoms with van der Waals surface area (Å²) in [5, 5.41) is 13.8. The highest BCUT2D eigenvalue weighted by Gasteiger charge is 2.47. The Bertz CT molecular complexity index is 495. The quantitative estimate of drug-likeness (QED) is 0.608. The Kier molecular flexibility index (Phi) is 5.30. The van der Waals surface area contributed by atoms with Gasteiger partial charge < -0.3 is 9.84 Å². The molecular weight excluding hydrogens is 260 g/mol. The molecule has 0 amide bonds. The van der Waals surface area contributed by atoms with Crippen molar-refractivity contribution in [3.05, 3.63) is 17.5 Å². The fraction of sp³-hybridized carbons (Fsp3) is 0.643. The summed E-state index contributed by atoms with van der Waals surface area (Å²) in [6.45, 7) is 5.52. The fourth-order valence-electron chi connectivity index (χ4n) is 2.37. The Morgan fingerprint density at radius 1 is 1.45 bits per heavy atom. The van der Waals surface area contributed by atoms with Gasteiger partial charge in [-0.2, -0.15) is 5.10 Å². The predicted octanol–water partition coefficient (Wildman–Crippen LogP) is 1.71. The number of carbonyl (C=O) groups is 2. The van der Waals surface area contributed by atoms with Crippen LogP contribution in [0.15, 0.2) is 6.07 Å². The van der Waals surface area contributed by atoms with Crippen molar-refractivity contribution < 1.29 is 19.4 Å². The van der Waals surface area contributed by atoms with Gasteiger partial charge in [0, 0.05) is 19.2 Å². The van der Waals surface area contributed by atoms with Gasteiger partial charge >= 0.3 is 11.9 Å². The number of nitrogens with zero attached hydrogens (tertiary/aromatic N) is 2. The van der Waals surface area contributed by atoms with Gasteiger partial charge in [-0.3, -0.25) is 14.3 Å². The summed E-state index contributed by atoms with van der Waals surface area (Å²) >= 11 is 0. The standard InChI is InChI=1S/C14H22N2O4/c1-5-7-14(12(17)18,13(19)20-6-2)9-11-8-10(3)15-16(11)4/h8H,5-7,9H2,1-4H3,(H,17,18). The molecule has 1 aromatic heterocycles. The molecule has 0 fully saturated rings. The highest BCUT2D eigenvalue weighted by atomic mass is 16.5. The lowest BCUT2D eigenvalue weighted by atomic mass is 9.79. The van der Waals surface area contributed by atoms with E-state index in [4.69, 9.17) is 4.74 Å². The normalized spacial score (nSPS) is 13.8. The number of hydrogen-bond acceptors (Lipinski definition) is 4. The molecular formula is C14H22N2O4. The van der Waals surface area contributed by atoms with E-state index in [1.54, 1.807) is 24.7 Å². The number of aromatic nitrogens is 2. The molecule has 20 heavy (non-hydrogen) atoms. The van der Waals surface area contributed by atoms with Crippen molar-refractivity contribution in [3.8, 4) is 0 Å². The number of aryl methyl sites for hydroxylation is 2. The molecule has 0 saturated carbocycles. The number of carboxylic acids is 1. The van der Waals surface area contributed by atoms with E-state index >= 15 is 0 Å². The molecule has 6 heteroatoms. The van der Waals surface area contributed by atoms with E-state index < -0.39 is 17.4 Å². The van der Waals surface area contributed by atoms with Gasteiger partial charge in [0.2, 0.25) is 0 Å². The molecule has 1 heterocycles. The van der Waals surface area contributed by atoms with Crippen LogP contribution in [0.5, 0.6) is 0 Å². The van der Waals surface area contributed by atoms with E-state index in [9.17, 15) is 14.7 Å². The summed E-state index contributed by atoms with van der Waals surface area (Å²) in [5.74, 6) is -1.81. The molecule has 1 aromatic rings. The van der Waals surface area contributed by atoms with Crippen molar-refractivity contribution in [1.82, 2.24) is 9.78 Å². The molecule has 112 valence electrons. The number of carbonyl (C=O) groups excluding carboxylic acids is 1. The minimum absolute atomic E-state index is 0.0896. The predicted molar refractivity (Wildman–Crippen MR) is 73.3 cm³/mol. The van der Waals surface area contributed by atoms with Crippen LogP contribution in [0, 0.1) is 12.3 Å².